The molecule has 2 heteroatoms. The van der Waals surface area contributed by atoms with Gasteiger partial charge in [-0.05, 0) is 68.5 Å². The van der Waals surface area contributed by atoms with E-state index in [4.69, 9.17) is 0 Å². The average Bonchev–Trinajstić information content (AvgIpc) is 2.71. The lowest BCUT2D eigenvalue weighted by Gasteiger charge is -2.14. The summed E-state index contributed by atoms with van der Waals surface area (Å²) in [7, 11) is 0. The van der Waals surface area contributed by atoms with Crippen molar-refractivity contribution in [1.82, 2.24) is 5.32 Å². The molecule has 0 saturated heterocycles. The maximum absolute atomic E-state index is 9.38. The van der Waals surface area contributed by atoms with Gasteiger partial charge in [0.25, 0.3) is 0 Å². The molecule has 2 N–H and O–H groups in total. The summed E-state index contributed by atoms with van der Waals surface area (Å²) in [6.07, 6.45) is 0.951. The second-order valence-corrected chi connectivity index (χ2v) is 7.17. The van der Waals surface area contributed by atoms with E-state index in [1.807, 2.05) is 12.1 Å². The van der Waals surface area contributed by atoms with Gasteiger partial charge in [-0.15, -0.1) is 0 Å². The molecule has 2 nitrogen and oxygen atoms in total. The summed E-state index contributed by atoms with van der Waals surface area (Å²) in [6.45, 7) is 1.76. The standard InChI is InChI=1S/C25H21NO/c27-22-11-4-17(5-12-22)14-15-26-16-21-9-8-20-7-6-18-2-1-3-19-10-13-23(21)25(20)24(18)19/h1-13,26-27H,14-16H2. The van der Waals surface area contributed by atoms with E-state index in [0.717, 1.165) is 19.5 Å². The van der Waals surface area contributed by atoms with Crippen molar-refractivity contribution in [3.63, 3.8) is 0 Å². The van der Waals surface area contributed by atoms with Gasteiger partial charge < -0.3 is 10.4 Å². The van der Waals surface area contributed by atoms with E-state index in [9.17, 15) is 5.11 Å². The van der Waals surface area contributed by atoms with E-state index in [-0.39, 0.29) is 0 Å². The molecule has 0 saturated carbocycles. The van der Waals surface area contributed by atoms with Crippen molar-refractivity contribution in [1.29, 1.82) is 0 Å². The van der Waals surface area contributed by atoms with Gasteiger partial charge in [-0.2, -0.15) is 0 Å². The SMILES string of the molecule is Oc1ccc(CCNCc2ccc3ccc4cccc5ccc2c3c45)cc1. The molecular weight excluding hydrogens is 330 g/mol. The Morgan fingerprint density at radius 3 is 2.11 bits per heavy atom. The van der Waals surface area contributed by atoms with Crippen molar-refractivity contribution in [3.8, 4) is 5.75 Å². The molecular formula is C25H21NO. The van der Waals surface area contributed by atoms with Gasteiger partial charge in [0.15, 0.2) is 0 Å². The van der Waals surface area contributed by atoms with Crippen molar-refractivity contribution in [2.24, 2.45) is 0 Å². The molecule has 27 heavy (non-hydrogen) atoms. The molecule has 5 aromatic rings. The molecule has 0 spiro atoms. The summed E-state index contributed by atoms with van der Waals surface area (Å²) in [4.78, 5) is 0. The van der Waals surface area contributed by atoms with Gasteiger partial charge in [-0.1, -0.05) is 66.7 Å². The van der Waals surface area contributed by atoms with Crippen LogP contribution in [0.1, 0.15) is 11.1 Å². The molecule has 5 aromatic carbocycles. The number of rotatable bonds is 5. The number of phenols is 1. The van der Waals surface area contributed by atoms with Gasteiger partial charge in [-0.3, -0.25) is 0 Å². The molecule has 5 rings (SSSR count). The van der Waals surface area contributed by atoms with Crippen molar-refractivity contribution >= 4 is 32.3 Å². The molecule has 0 amide bonds. The number of nitrogens with one attached hydrogen (secondary N) is 1. The summed E-state index contributed by atoms with van der Waals surface area (Å²) in [5, 5.41) is 21.0. The Kier molecular flexibility index (Phi) is 3.92. The van der Waals surface area contributed by atoms with Crippen LogP contribution in [-0.4, -0.2) is 11.7 Å². The van der Waals surface area contributed by atoms with E-state index >= 15 is 0 Å². The molecule has 0 atom stereocenters. The number of hydrogen-bond acceptors (Lipinski definition) is 2. The minimum atomic E-state index is 0.320. The van der Waals surface area contributed by atoms with Gasteiger partial charge in [0.2, 0.25) is 0 Å². The van der Waals surface area contributed by atoms with Crippen LogP contribution in [0, 0.1) is 0 Å². The smallest absolute Gasteiger partial charge is 0.115 e. The maximum atomic E-state index is 9.38. The second-order valence-electron chi connectivity index (χ2n) is 7.17. The molecule has 0 aromatic heterocycles. The fraction of sp³-hybridized carbons (Fsp3) is 0.120. The molecule has 132 valence electrons. The Balaban J connectivity index is 1.42. The monoisotopic (exact) mass is 351 g/mol. The first-order valence-corrected chi connectivity index (χ1v) is 9.44. The van der Waals surface area contributed by atoms with E-state index in [1.54, 1.807) is 12.1 Å². The van der Waals surface area contributed by atoms with Crippen molar-refractivity contribution < 1.29 is 5.11 Å². The third kappa shape index (κ3) is 2.88. The lowest BCUT2D eigenvalue weighted by molar-refractivity contribution is 0.475. The average molecular weight is 351 g/mol. The molecule has 0 aliphatic carbocycles. The van der Waals surface area contributed by atoms with Crippen LogP contribution in [0.2, 0.25) is 0 Å². The Bertz CT molecular complexity index is 1210. The van der Waals surface area contributed by atoms with Crippen LogP contribution >= 0.6 is 0 Å². The topological polar surface area (TPSA) is 32.3 Å². The summed E-state index contributed by atoms with van der Waals surface area (Å²) < 4.78 is 0. The fourth-order valence-corrected chi connectivity index (χ4v) is 4.07. The van der Waals surface area contributed by atoms with Crippen molar-refractivity contribution in [2.45, 2.75) is 13.0 Å². The first-order valence-electron chi connectivity index (χ1n) is 9.44. The molecule has 0 unspecified atom stereocenters. The minimum absolute atomic E-state index is 0.320. The summed E-state index contributed by atoms with van der Waals surface area (Å²) in [5.74, 6) is 0.320. The first kappa shape index (κ1) is 16.1. The van der Waals surface area contributed by atoms with Crippen LogP contribution in [0.25, 0.3) is 32.3 Å². The molecule has 0 bridgehead atoms. The number of benzene rings is 5. The highest BCUT2D eigenvalue weighted by Gasteiger charge is 2.10. The zero-order valence-corrected chi connectivity index (χ0v) is 15.1. The van der Waals surface area contributed by atoms with Crippen LogP contribution < -0.4 is 5.32 Å². The minimum Gasteiger partial charge on any atom is -0.508 e. The number of hydrogen-bond donors (Lipinski definition) is 2. The van der Waals surface area contributed by atoms with Crippen molar-refractivity contribution in [2.75, 3.05) is 6.54 Å². The Morgan fingerprint density at radius 2 is 1.33 bits per heavy atom. The molecule has 0 radical (unpaired) electrons. The van der Waals surface area contributed by atoms with Crippen molar-refractivity contribution in [3.05, 3.63) is 90.0 Å². The highest BCUT2D eigenvalue weighted by Crippen LogP contribution is 2.35. The number of phenolic OH excluding ortho intramolecular Hbond substituents is 1. The molecule has 0 heterocycles. The van der Waals surface area contributed by atoms with E-state index in [1.165, 1.54) is 43.4 Å². The van der Waals surface area contributed by atoms with Gasteiger partial charge in [0.05, 0.1) is 0 Å². The van der Waals surface area contributed by atoms with Gasteiger partial charge in [-0.25, -0.2) is 0 Å². The lowest BCUT2D eigenvalue weighted by Crippen LogP contribution is -2.16. The Morgan fingerprint density at radius 1 is 0.667 bits per heavy atom. The largest absolute Gasteiger partial charge is 0.508 e. The predicted molar refractivity (Wildman–Crippen MR) is 114 cm³/mol. The third-order valence-corrected chi connectivity index (χ3v) is 5.46. The third-order valence-electron chi connectivity index (χ3n) is 5.46. The maximum Gasteiger partial charge on any atom is 0.115 e. The Labute approximate surface area is 158 Å². The molecule has 0 aliphatic heterocycles. The van der Waals surface area contributed by atoms with Gasteiger partial charge in [0.1, 0.15) is 5.75 Å². The normalized spacial score (nSPS) is 11.7. The summed E-state index contributed by atoms with van der Waals surface area (Å²) >= 11 is 0. The summed E-state index contributed by atoms with van der Waals surface area (Å²) in [5.41, 5.74) is 2.57. The van der Waals surface area contributed by atoms with Crippen LogP contribution in [0.3, 0.4) is 0 Å². The van der Waals surface area contributed by atoms with E-state index in [0.29, 0.717) is 5.75 Å². The Hall–Kier alpha value is -3.10. The zero-order chi connectivity index (χ0) is 18.2. The predicted octanol–water partition coefficient (Wildman–Crippen LogP) is 5.62. The van der Waals surface area contributed by atoms with Crippen LogP contribution in [0.4, 0.5) is 0 Å². The lowest BCUT2D eigenvalue weighted by atomic mass is 9.92. The zero-order valence-electron chi connectivity index (χ0n) is 15.1. The quantitative estimate of drug-likeness (QED) is 0.318. The highest BCUT2D eigenvalue weighted by atomic mass is 16.3. The number of aromatic hydroxyl groups is 1. The van der Waals surface area contributed by atoms with E-state index < -0.39 is 0 Å². The molecule has 0 fully saturated rings. The van der Waals surface area contributed by atoms with Crippen LogP contribution in [0.5, 0.6) is 5.75 Å². The highest BCUT2D eigenvalue weighted by molar-refractivity contribution is 6.23. The van der Waals surface area contributed by atoms with E-state index in [2.05, 4.69) is 59.9 Å². The van der Waals surface area contributed by atoms with Crippen LogP contribution in [-0.2, 0) is 13.0 Å². The fourth-order valence-electron chi connectivity index (χ4n) is 4.07. The first-order chi connectivity index (χ1) is 13.3. The van der Waals surface area contributed by atoms with Crippen LogP contribution in [0.15, 0.2) is 78.9 Å². The van der Waals surface area contributed by atoms with Gasteiger partial charge in [0, 0.05) is 6.54 Å². The molecule has 0 aliphatic rings. The second kappa shape index (κ2) is 6.57. The summed E-state index contributed by atoms with van der Waals surface area (Å²) in [6, 6.07) is 27.4. The van der Waals surface area contributed by atoms with Gasteiger partial charge >= 0.3 is 0 Å².